The second-order valence-corrected chi connectivity index (χ2v) is 13.7. The Kier molecular flexibility index (Phi) is 7.58. The van der Waals surface area contributed by atoms with Crippen molar-refractivity contribution in [1.82, 2.24) is 10.2 Å². The number of carbonyl (C=O) groups is 2. The first-order chi connectivity index (χ1) is 15.6. The zero-order valence-corrected chi connectivity index (χ0v) is 24.1. The minimum absolute atomic E-state index is 0.205. The highest BCUT2D eigenvalue weighted by atomic mass is 16.6. The van der Waals surface area contributed by atoms with Gasteiger partial charge < -0.3 is 24.4 Å². The Hall–Kier alpha value is -2.44. The quantitative estimate of drug-likeness (QED) is 0.541. The first kappa shape index (κ1) is 28.8. The lowest BCUT2D eigenvalue weighted by Gasteiger charge is -2.51. The van der Waals surface area contributed by atoms with Gasteiger partial charge in [0, 0.05) is 11.1 Å². The van der Waals surface area contributed by atoms with Gasteiger partial charge in [0.05, 0.1) is 20.2 Å². The maximum absolute atomic E-state index is 12.9. The van der Waals surface area contributed by atoms with Gasteiger partial charge in [0.1, 0.15) is 22.5 Å². The van der Waals surface area contributed by atoms with Crippen LogP contribution >= 0.6 is 0 Å². The Balaban J connectivity index is 2.62. The molecule has 0 saturated carbocycles. The van der Waals surface area contributed by atoms with Gasteiger partial charge in [-0.2, -0.15) is 0 Å². The van der Waals surface area contributed by atoms with Crippen LogP contribution in [0.1, 0.15) is 99.8 Å². The van der Waals surface area contributed by atoms with Gasteiger partial charge in [0.25, 0.3) is 0 Å². The average molecular weight is 491 g/mol. The van der Waals surface area contributed by atoms with Crippen molar-refractivity contribution in [1.29, 1.82) is 0 Å². The Morgan fingerprint density at radius 1 is 0.800 bits per heavy atom. The number of nitrogens with one attached hydrogen (secondary N) is 1. The predicted octanol–water partition coefficient (Wildman–Crippen LogP) is 6.26. The summed E-state index contributed by atoms with van der Waals surface area (Å²) in [5, 5.41) is 3.09. The van der Waals surface area contributed by atoms with Gasteiger partial charge in [-0.05, 0) is 70.1 Å². The molecule has 0 aliphatic carbocycles. The maximum Gasteiger partial charge on any atom is 0.410 e. The summed E-state index contributed by atoms with van der Waals surface area (Å²) in [4.78, 5) is 27.3. The third kappa shape index (κ3) is 7.05. The summed E-state index contributed by atoms with van der Waals surface area (Å²) in [6, 6.07) is 4.19. The first-order valence-electron chi connectivity index (χ1n) is 12.3. The Labute approximate surface area is 211 Å². The van der Waals surface area contributed by atoms with Gasteiger partial charge in [-0.1, -0.05) is 41.5 Å². The highest BCUT2D eigenvalue weighted by molar-refractivity contribution is 5.74. The molecule has 1 aliphatic heterocycles. The summed E-state index contributed by atoms with van der Waals surface area (Å²) in [7, 11) is 1.70. The highest BCUT2D eigenvalue weighted by Crippen LogP contribution is 2.44. The third-order valence-electron chi connectivity index (χ3n) is 5.78. The monoisotopic (exact) mass is 490 g/mol. The molecule has 0 unspecified atom stereocenters. The maximum atomic E-state index is 12.9. The molecule has 1 aromatic carbocycles. The lowest BCUT2D eigenvalue weighted by atomic mass is 9.73. The third-order valence-corrected chi connectivity index (χ3v) is 5.78. The smallest absolute Gasteiger partial charge is 0.410 e. The van der Waals surface area contributed by atoms with Crippen molar-refractivity contribution in [3.63, 3.8) is 0 Å². The fourth-order valence-corrected chi connectivity index (χ4v) is 4.13. The second-order valence-electron chi connectivity index (χ2n) is 13.7. The average Bonchev–Trinajstić information content (AvgIpc) is 2.58. The number of ether oxygens (including phenoxy) is 3. The van der Waals surface area contributed by atoms with Gasteiger partial charge >= 0.3 is 12.2 Å². The molecule has 7 heteroatoms. The summed E-state index contributed by atoms with van der Waals surface area (Å²) in [6.45, 7) is 24.4. The van der Waals surface area contributed by atoms with Crippen molar-refractivity contribution in [3.05, 3.63) is 28.8 Å². The van der Waals surface area contributed by atoms with Gasteiger partial charge in [-0.3, -0.25) is 0 Å². The summed E-state index contributed by atoms with van der Waals surface area (Å²) in [5.74, 6) is 0.851. The molecule has 2 amide bonds. The molecule has 1 aliphatic rings. The first-order valence-corrected chi connectivity index (χ1v) is 12.3. The molecule has 0 atom stereocenters. The van der Waals surface area contributed by atoms with Crippen LogP contribution in [0.2, 0.25) is 0 Å². The topological polar surface area (TPSA) is 77.1 Å². The lowest BCUT2D eigenvalue weighted by Crippen LogP contribution is -2.69. The van der Waals surface area contributed by atoms with E-state index in [1.807, 2.05) is 41.5 Å². The van der Waals surface area contributed by atoms with Crippen molar-refractivity contribution in [2.75, 3.05) is 20.2 Å². The SMILES string of the molecule is COc1c(C(C)(C)C)cc(C2(NC(=O)OC(C)(C)C)CN(C(=O)OC(C)(C)C)C2)cc1C(C)(C)C. The van der Waals surface area contributed by atoms with Crippen molar-refractivity contribution in [2.45, 2.75) is 111 Å². The number of nitrogens with zero attached hydrogens (tertiary/aromatic N) is 1. The highest BCUT2D eigenvalue weighted by Gasteiger charge is 2.50. The molecule has 1 N–H and O–H groups in total. The number of hydrogen-bond acceptors (Lipinski definition) is 5. The number of amides is 2. The largest absolute Gasteiger partial charge is 0.496 e. The Bertz CT molecular complexity index is 915. The molecule has 0 radical (unpaired) electrons. The number of rotatable bonds is 3. The van der Waals surface area contributed by atoms with Crippen molar-refractivity contribution in [2.24, 2.45) is 0 Å². The molecular weight excluding hydrogens is 444 g/mol. The molecule has 0 spiro atoms. The number of alkyl carbamates (subject to hydrolysis) is 1. The number of benzene rings is 1. The van der Waals surface area contributed by atoms with Crippen LogP contribution in [0, 0.1) is 0 Å². The summed E-state index contributed by atoms with van der Waals surface area (Å²) in [5.41, 5.74) is 0.531. The van der Waals surface area contributed by atoms with E-state index in [2.05, 4.69) is 59.0 Å². The Morgan fingerprint density at radius 3 is 1.57 bits per heavy atom. The minimum Gasteiger partial charge on any atom is -0.496 e. The second kappa shape index (κ2) is 9.21. The Morgan fingerprint density at radius 2 is 1.23 bits per heavy atom. The number of carbonyl (C=O) groups excluding carboxylic acids is 2. The van der Waals surface area contributed by atoms with Gasteiger partial charge in [0.2, 0.25) is 0 Å². The molecule has 1 heterocycles. The van der Waals surface area contributed by atoms with E-state index in [1.165, 1.54) is 0 Å². The van der Waals surface area contributed by atoms with Crippen LogP contribution in [0.15, 0.2) is 12.1 Å². The molecule has 7 nitrogen and oxygen atoms in total. The van der Waals surface area contributed by atoms with Crippen LogP contribution in [-0.2, 0) is 25.8 Å². The van der Waals surface area contributed by atoms with Crippen molar-refractivity contribution >= 4 is 12.2 Å². The van der Waals surface area contributed by atoms with E-state index in [-0.39, 0.29) is 23.9 Å². The summed E-state index contributed by atoms with van der Waals surface area (Å²) < 4.78 is 17.1. The molecule has 0 bridgehead atoms. The zero-order chi connectivity index (χ0) is 27.2. The minimum atomic E-state index is -0.814. The molecule has 1 fully saturated rings. The van der Waals surface area contributed by atoms with Crippen LogP contribution < -0.4 is 10.1 Å². The molecule has 35 heavy (non-hydrogen) atoms. The standard InChI is InChI=1S/C28H46N2O5/c1-24(2,3)19-14-18(15-20(21(19)33-13)25(4,5)6)28(29-22(31)34-26(7,8)9)16-30(17-28)23(32)35-27(10,11)12/h14-15H,16-17H2,1-13H3,(H,29,31). The normalized spacial score (nSPS) is 16.3. The molecule has 0 aromatic heterocycles. The van der Waals surface area contributed by atoms with Gasteiger partial charge in [0.15, 0.2) is 0 Å². The van der Waals surface area contributed by atoms with Gasteiger partial charge in [-0.15, -0.1) is 0 Å². The van der Waals surface area contributed by atoms with E-state index < -0.39 is 28.9 Å². The summed E-state index contributed by atoms with van der Waals surface area (Å²) in [6.07, 6.45) is -0.925. The lowest BCUT2D eigenvalue weighted by molar-refractivity contribution is -0.0230. The van der Waals surface area contributed by atoms with E-state index in [9.17, 15) is 9.59 Å². The van der Waals surface area contributed by atoms with Crippen LogP contribution in [0.5, 0.6) is 5.75 Å². The summed E-state index contributed by atoms with van der Waals surface area (Å²) >= 11 is 0. The van der Waals surface area contributed by atoms with Crippen LogP contribution in [0.3, 0.4) is 0 Å². The van der Waals surface area contributed by atoms with E-state index >= 15 is 0 Å². The fourth-order valence-electron chi connectivity index (χ4n) is 4.13. The van der Waals surface area contributed by atoms with Crippen molar-refractivity contribution in [3.8, 4) is 5.75 Å². The van der Waals surface area contributed by atoms with Crippen LogP contribution in [-0.4, -0.2) is 48.5 Å². The van der Waals surface area contributed by atoms with Gasteiger partial charge in [-0.25, -0.2) is 9.59 Å². The van der Waals surface area contributed by atoms with Crippen molar-refractivity contribution < 1.29 is 23.8 Å². The molecule has 2 rings (SSSR count). The number of methoxy groups -OCH3 is 1. The van der Waals surface area contributed by atoms with Crippen LogP contribution in [0.4, 0.5) is 9.59 Å². The van der Waals surface area contributed by atoms with Crippen LogP contribution in [0.25, 0.3) is 0 Å². The van der Waals surface area contributed by atoms with E-state index in [0.717, 1.165) is 22.4 Å². The zero-order valence-electron chi connectivity index (χ0n) is 24.1. The number of hydrogen-bond donors (Lipinski definition) is 1. The van der Waals surface area contributed by atoms with E-state index in [1.54, 1.807) is 12.0 Å². The number of likely N-dealkylation sites (tertiary alicyclic amines) is 1. The predicted molar refractivity (Wildman–Crippen MR) is 139 cm³/mol. The fraction of sp³-hybridized carbons (Fsp3) is 0.714. The van der Waals surface area contributed by atoms with E-state index in [4.69, 9.17) is 14.2 Å². The van der Waals surface area contributed by atoms with E-state index in [0.29, 0.717) is 0 Å². The molecular formula is C28H46N2O5. The molecule has 198 valence electrons. The molecule has 1 saturated heterocycles. The molecule has 1 aromatic rings.